The zero-order chi connectivity index (χ0) is 14.4. The molecule has 0 spiro atoms. The Hall–Kier alpha value is -1.64. The van der Waals surface area contributed by atoms with Crippen molar-refractivity contribution in [2.75, 3.05) is 45.6 Å². The summed E-state index contributed by atoms with van der Waals surface area (Å²) in [5.74, 6) is 0. The van der Waals surface area contributed by atoms with E-state index in [1.807, 2.05) is 12.1 Å². The van der Waals surface area contributed by atoms with Crippen molar-refractivity contribution in [2.24, 2.45) is 0 Å². The van der Waals surface area contributed by atoms with Crippen LogP contribution in [0.5, 0.6) is 0 Å². The van der Waals surface area contributed by atoms with Crippen LogP contribution in [0.1, 0.15) is 18.5 Å². The first-order valence-electron chi connectivity index (χ1n) is 7.18. The molecule has 1 aromatic heterocycles. The predicted octanol–water partition coefficient (Wildman–Crippen LogP) is 1.39. The van der Waals surface area contributed by atoms with E-state index in [4.69, 9.17) is 5.26 Å². The van der Waals surface area contributed by atoms with Crippen LogP contribution in [0.4, 0.5) is 5.69 Å². The minimum absolute atomic E-state index is 0.460. The van der Waals surface area contributed by atoms with Gasteiger partial charge in [-0.3, -0.25) is 0 Å². The van der Waals surface area contributed by atoms with E-state index >= 15 is 0 Å². The van der Waals surface area contributed by atoms with Gasteiger partial charge in [-0.25, -0.2) is 4.98 Å². The second kappa shape index (κ2) is 7.22. The van der Waals surface area contributed by atoms with Crippen LogP contribution in [0.2, 0.25) is 0 Å². The van der Waals surface area contributed by atoms with Gasteiger partial charge in [0.25, 0.3) is 0 Å². The third-order valence-corrected chi connectivity index (χ3v) is 3.92. The van der Waals surface area contributed by atoms with Crippen LogP contribution in [0, 0.1) is 11.3 Å². The van der Waals surface area contributed by atoms with Gasteiger partial charge in [0.2, 0.25) is 0 Å². The molecule has 0 aromatic carbocycles. The molecule has 1 aliphatic heterocycles. The van der Waals surface area contributed by atoms with Gasteiger partial charge in [0.1, 0.15) is 11.8 Å². The second-order valence-electron chi connectivity index (χ2n) is 5.51. The average molecular weight is 273 g/mol. The van der Waals surface area contributed by atoms with Gasteiger partial charge in [0.15, 0.2) is 0 Å². The van der Waals surface area contributed by atoms with Crippen molar-refractivity contribution in [3.63, 3.8) is 0 Å². The van der Waals surface area contributed by atoms with E-state index in [0.29, 0.717) is 5.69 Å². The highest BCUT2D eigenvalue weighted by molar-refractivity contribution is 5.42. The molecule has 2 rings (SSSR count). The van der Waals surface area contributed by atoms with E-state index in [1.54, 1.807) is 12.3 Å². The fourth-order valence-corrected chi connectivity index (χ4v) is 2.58. The number of nitrogens with zero attached hydrogens (tertiary/aromatic N) is 4. The predicted molar refractivity (Wildman–Crippen MR) is 80.6 cm³/mol. The standard InChI is InChI=1S/C15H23N5/c1-19(2)15-5-8-20(9-6-15)10-7-17-14-4-3-13(11-16)18-12-14/h3-4,12,15,17H,5-10H2,1-2H3. The maximum atomic E-state index is 8.69. The Morgan fingerprint density at radius 2 is 2.15 bits per heavy atom. The Kier molecular flexibility index (Phi) is 5.33. The van der Waals surface area contributed by atoms with Crippen LogP contribution in [0.25, 0.3) is 0 Å². The maximum Gasteiger partial charge on any atom is 0.140 e. The molecule has 108 valence electrons. The monoisotopic (exact) mass is 273 g/mol. The van der Waals surface area contributed by atoms with Gasteiger partial charge in [-0.15, -0.1) is 0 Å². The van der Waals surface area contributed by atoms with Crippen molar-refractivity contribution < 1.29 is 0 Å². The number of piperidine rings is 1. The highest BCUT2D eigenvalue weighted by Gasteiger charge is 2.19. The molecule has 0 atom stereocenters. The summed E-state index contributed by atoms with van der Waals surface area (Å²) in [6, 6.07) is 6.41. The van der Waals surface area contributed by atoms with E-state index < -0.39 is 0 Å². The van der Waals surface area contributed by atoms with Crippen molar-refractivity contribution in [3.05, 3.63) is 24.0 Å². The molecule has 0 aliphatic carbocycles. The van der Waals surface area contributed by atoms with E-state index in [2.05, 4.69) is 34.2 Å². The summed E-state index contributed by atoms with van der Waals surface area (Å²) >= 11 is 0. The first-order chi connectivity index (χ1) is 9.69. The lowest BCUT2D eigenvalue weighted by Crippen LogP contribution is -2.43. The van der Waals surface area contributed by atoms with Crippen molar-refractivity contribution >= 4 is 5.69 Å². The molecule has 1 aromatic rings. The molecule has 1 saturated heterocycles. The highest BCUT2D eigenvalue weighted by atomic mass is 15.2. The zero-order valence-corrected chi connectivity index (χ0v) is 12.3. The minimum atomic E-state index is 0.460. The number of pyridine rings is 1. The summed E-state index contributed by atoms with van der Waals surface area (Å²) in [6.07, 6.45) is 4.23. The van der Waals surface area contributed by atoms with Gasteiger partial charge in [0, 0.05) is 19.1 Å². The van der Waals surface area contributed by atoms with Crippen LogP contribution in [-0.2, 0) is 0 Å². The lowest BCUT2D eigenvalue weighted by molar-refractivity contribution is 0.148. The summed E-state index contributed by atoms with van der Waals surface area (Å²) in [4.78, 5) is 8.88. The fraction of sp³-hybridized carbons (Fsp3) is 0.600. The number of nitrogens with one attached hydrogen (secondary N) is 1. The maximum absolute atomic E-state index is 8.69. The largest absolute Gasteiger partial charge is 0.383 e. The third kappa shape index (κ3) is 4.19. The second-order valence-corrected chi connectivity index (χ2v) is 5.51. The van der Waals surface area contributed by atoms with Crippen LogP contribution in [0.15, 0.2) is 18.3 Å². The van der Waals surface area contributed by atoms with Gasteiger partial charge < -0.3 is 15.1 Å². The van der Waals surface area contributed by atoms with Crippen molar-refractivity contribution in [3.8, 4) is 6.07 Å². The molecule has 0 bridgehead atoms. The summed E-state index contributed by atoms with van der Waals surface area (Å²) in [5.41, 5.74) is 1.44. The quantitative estimate of drug-likeness (QED) is 0.878. The van der Waals surface area contributed by atoms with E-state index in [-0.39, 0.29) is 0 Å². The normalized spacial score (nSPS) is 17.1. The van der Waals surface area contributed by atoms with Gasteiger partial charge >= 0.3 is 0 Å². The molecule has 2 heterocycles. The van der Waals surface area contributed by atoms with Crippen LogP contribution < -0.4 is 5.32 Å². The number of aromatic nitrogens is 1. The van der Waals surface area contributed by atoms with Gasteiger partial charge in [-0.2, -0.15) is 5.26 Å². The summed E-state index contributed by atoms with van der Waals surface area (Å²) in [6.45, 7) is 4.33. The summed E-state index contributed by atoms with van der Waals surface area (Å²) in [5, 5.41) is 12.0. The minimum Gasteiger partial charge on any atom is -0.383 e. The molecular weight excluding hydrogens is 250 g/mol. The lowest BCUT2D eigenvalue weighted by atomic mass is 10.0. The molecule has 5 heteroatoms. The van der Waals surface area contributed by atoms with Gasteiger partial charge in [-0.1, -0.05) is 0 Å². The Labute approximate surface area is 121 Å². The Balaban J connectivity index is 1.67. The number of nitriles is 1. The highest BCUT2D eigenvalue weighted by Crippen LogP contribution is 2.13. The molecule has 0 saturated carbocycles. The van der Waals surface area contributed by atoms with Crippen molar-refractivity contribution in [2.45, 2.75) is 18.9 Å². The van der Waals surface area contributed by atoms with Gasteiger partial charge in [-0.05, 0) is 52.2 Å². The molecule has 1 fully saturated rings. The van der Waals surface area contributed by atoms with Crippen molar-refractivity contribution in [1.82, 2.24) is 14.8 Å². The first-order valence-corrected chi connectivity index (χ1v) is 7.18. The number of rotatable bonds is 5. The average Bonchev–Trinajstić information content (AvgIpc) is 2.48. The number of anilines is 1. The molecule has 1 aliphatic rings. The molecule has 1 N–H and O–H groups in total. The SMILES string of the molecule is CN(C)C1CCN(CCNc2ccc(C#N)nc2)CC1. The molecule has 0 amide bonds. The molecule has 0 radical (unpaired) electrons. The molecular formula is C15H23N5. The third-order valence-electron chi connectivity index (χ3n) is 3.92. The number of likely N-dealkylation sites (tertiary alicyclic amines) is 1. The molecule has 5 nitrogen and oxygen atoms in total. The van der Waals surface area contributed by atoms with E-state index in [0.717, 1.165) is 24.8 Å². The summed E-state index contributed by atoms with van der Waals surface area (Å²) in [7, 11) is 4.33. The fourth-order valence-electron chi connectivity index (χ4n) is 2.58. The Morgan fingerprint density at radius 1 is 1.40 bits per heavy atom. The Bertz CT molecular complexity index is 440. The Morgan fingerprint density at radius 3 is 2.70 bits per heavy atom. The number of hydrogen-bond acceptors (Lipinski definition) is 5. The van der Waals surface area contributed by atoms with E-state index in [9.17, 15) is 0 Å². The lowest BCUT2D eigenvalue weighted by Gasteiger charge is -2.35. The van der Waals surface area contributed by atoms with Crippen LogP contribution >= 0.6 is 0 Å². The molecule has 0 unspecified atom stereocenters. The van der Waals surface area contributed by atoms with Crippen LogP contribution in [-0.4, -0.2) is 61.1 Å². The molecule has 20 heavy (non-hydrogen) atoms. The number of hydrogen-bond donors (Lipinski definition) is 1. The first kappa shape index (κ1) is 14.8. The smallest absolute Gasteiger partial charge is 0.140 e. The zero-order valence-electron chi connectivity index (χ0n) is 12.3. The van der Waals surface area contributed by atoms with Crippen molar-refractivity contribution in [1.29, 1.82) is 5.26 Å². The summed E-state index contributed by atoms with van der Waals surface area (Å²) < 4.78 is 0. The van der Waals surface area contributed by atoms with E-state index in [1.165, 1.54) is 25.9 Å². The van der Waals surface area contributed by atoms with Crippen LogP contribution in [0.3, 0.4) is 0 Å². The topological polar surface area (TPSA) is 55.2 Å². The van der Waals surface area contributed by atoms with Gasteiger partial charge in [0.05, 0.1) is 11.9 Å².